The lowest BCUT2D eigenvalue weighted by molar-refractivity contribution is 0.0729. The third-order valence-corrected chi connectivity index (χ3v) is 3.18. The third-order valence-electron chi connectivity index (χ3n) is 3.18. The van der Waals surface area contributed by atoms with E-state index in [1.54, 1.807) is 6.20 Å². The van der Waals surface area contributed by atoms with Gasteiger partial charge in [0, 0.05) is 30.4 Å². The van der Waals surface area contributed by atoms with Gasteiger partial charge in [-0.05, 0) is 32.4 Å². The molecule has 3 rings (SSSR count). The number of nitrogens with zero attached hydrogens (tertiary/aromatic N) is 1. The van der Waals surface area contributed by atoms with Crippen LogP contribution < -0.4 is 10.6 Å². The van der Waals surface area contributed by atoms with Gasteiger partial charge in [-0.1, -0.05) is 0 Å². The van der Waals surface area contributed by atoms with Crippen LogP contribution in [0.5, 0.6) is 0 Å². The minimum absolute atomic E-state index is 0.332. The molecule has 0 saturated heterocycles. The van der Waals surface area contributed by atoms with Crippen LogP contribution in [0.3, 0.4) is 0 Å². The molecule has 0 saturated carbocycles. The van der Waals surface area contributed by atoms with Crippen LogP contribution in [-0.2, 0) is 9.47 Å². The summed E-state index contributed by atoms with van der Waals surface area (Å²) >= 11 is 0. The molecule has 106 valence electrons. The molecule has 0 unspecified atom stereocenters. The van der Waals surface area contributed by atoms with E-state index in [2.05, 4.69) is 29.5 Å². The van der Waals surface area contributed by atoms with Crippen LogP contribution in [0.4, 0.5) is 11.5 Å². The average Bonchev–Trinajstić information content (AvgIpc) is 2.88. The van der Waals surface area contributed by atoms with Crippen LogP contribution in [0, 0.1) is 0 Å². The minimum atomic E-state index is 0.332. The summed E-state index contributed by atoms with van der Waals surface area (Å²) in [6, 6.07) is 4.32. The Morgan fingerprint density at radius 2 is 2.15 bits per heavy atom. The zero-order valence-electron chi connectivity index (χ0n) is 11.8. The van der Waals surface area contributed by atoms with Gasteiger partial charge in [0.25, 0.3) is 0 Å². The van der Waals surface area contributed by atoms with E-state index >= 15 is 0 Å². The molecule has 1 aliphatic heterocycles. The van der Waals surface area contributed by atoms with Gasteiger partial charge in [0.2, 0.25) is 6.79 Å². The van der Waals surface area contributed by atoms with Gasteiger partial charge in [-0.3, -0.25) is 0 Å². The van der Waals surface area contributed by atoms with Crippen molar-refractivity contribution in [2.75, 3.05) is 17.4 Å². The fourth-order valence-corrected chi connectivity index (χ4v) is 2.29. The zero-order valence-corrected chi connectivity index (χ0v) is 11.8. The molecule has 2 heterocycles. The van der Waals surface area contributed by atoms with Crippen molar-refractivity contribution < 1.29 is 9.47 Å². The molecule has 0 fully saturated rings. The summed E-state index contributed by atoms with van der Waals surface area (Å²) in [4.78, 5) is 4.41. The zero-order chi connectivity index (χ0) is 13.9. The van der Waals surface area contributed by atoms with E-state index in [1.165, 1.54) is 0 Å². The van der Waals surface area contributed by atoms with Crippen molar-refractivity contribution in [3.05, 3.63) is 41.6 Å². The molecule has 2 aliphatic rings. The van der Waals surface area contributed by atoms with Crippen LogP contribution in [0.15, 0.2) is 41.6 Å². The highest BCUT2D eigenvalue weighted by Crippen LogP contribution is 2.31. The highest BCUT2D eigenvalue weighted by molar-refractivity contribution is 5.66. The fourth-order valence-electron chi connectivity index (χ4n) is 2.29. The quantitative estimate of drug-likeness (QED) is 0.882. The predicted octanol–water partition coefficient (Wildman–Crippen LogP) is 3.21. The average molecular weight is 273 g/mol. The van der Waals surface area contributed by atoms with Gasteiger partial charge >= 0.3 is 0 Å². The van der Waals surface area contributed by atoms with Gasteiger partial charge in [0.05, 0.1) is 5.69 Å². The molecule has 0 radical (unpaired) electrons. The fraction of sp³-hybridized carbons (Fsp3) is 0.400. The molecule has 2 N–H and O–H groups in total. The van der Waals surface area contributed by atoms with Gasteiger partial charge in [0.15, 0.2) is 11.6 Å². The molecule has 0 bridgehead atoms. The number of rotatable bonds is 4. The summed E-state index contributed by atoms with van der Waals surface area (Å²) in [6.07, 6.45) is 5.56. The van der Waals surface area contributed by atoms with E-state index < -0.39 is 0 Å². The number of nitrogens with one attached hydrogen (secondary N) is 2. The summed E-state index contributed by atoms with van der Waals surface area (Å²) < 4.78 is 10.8. The van der Waals surface area contributed by atoms with E-state index in [0.29, 0.717) is 12.8 Å². The molecule has 1 aromatic rings. The first-order chi connectivity index (χ1) is 9.72. The number of hydrogen-bond acceptors (Lipinski definition) is 5. The summed E-state index contributed by atoms with van der Waals surface area (Å²) in [5.74, 6) is 2.64. The monoisotopic (exact) mass is 273 g/mol. The molecule has 0 aromatic carbocycles. The van der Waals surface area contributed by atoms with E-state index in [0.717, 1.165) is 41.6 Å². The normalized spacial score (nSPS) is 17.2. The number of hydrogen-bond donors (Lipinski definition) is 2. The number of ether oxygens (including phenoxy) is 2. The number of pyridine rings is 1. The molecule has 5 nitrogen and oxygen atoms in total. The van der Waals surface area contributed by atoms with Gasteiger partial charge in [-0.15, -0.1) is 0 Å². The van der Waals surface area contributed by atoms with E-state index in [-0.39, 0.29) is 0 Å². The van der Waals surface area contributed by atoms with Crippen molar-refractivity contribution in [1.29, 1.82) is 0 Å². The Bertz CT molecular complexity index is 564. The molecule has 1 aromatic heterocycles. The molecule has 0 amide bonds. The summed E-state index contributed by atoms with van der Waals surface area (Å²) in [5.41, 5.74) is 2.10. The first-order valence-corrected chi connectivity index (χ1v) is 6.90. The first kappa shape index (κ1) is 12.8. The molecule has 1 aliphatic carbocycles. The Hall–Kier alpha value is -2.17. The smallest absolute Gasteiger partial charge is 0.230 e. The first-order valence-electron chi connectivity index (χ1n) is 6.90. The van der Waals surface area contributed by atoms with E-state index in [9.17, 15) is 0 Å². The summed E-state index contributed by atoms with van der Waals surface area (Å²) in [5, 5.41) is 6.77. The second kappa shape index (κ2) is 5.45. The summed E-state index contributed by atoms with van der Waals surface area (Å²) in [6.45, 7) is 4.55. The second-order valence-electron chi connectivity index (χ2n) is 5.19. The predicted molar refractivity (Wildman–Crippen MR) is 78.0 cm³/mol. The molecule has 0 spiro atoms. The maximum absolute atomic E-state index is 5.42. The number of aromatic nitrogens is 1. The Morgan fingerprint density at radius 1 is 1.25 bits per heavy atom. The van der Waals surface area contributed by atoms with Crippen molar-refractivity contribution >= 4 is 11.5 Å². The lowest BCUT2D eigenvalue weighted by atomic mass is 10.1. The van der Waals surface area contributed by atoms with E-state index in [4.69, 9.17) is 9.47 Å². The van der Waals surface area contributed by atoms with Gasteiger partial charge < -0.3 is 20.1 Å². The maximum Gasteiger partial charge on any atom is 0.230 e. The van der Waals surface area contributed by atoms with Crippen molar-refractivity contribution in [3.63, 3.8) is 0 Å². The van der Waals surface area contributed by atoms with Crippen LogP contribution >= 0.6 is 0 Å². The van der Waals surface area contributed by atoms with Crippen LogP contribution in [0.2, 0.25) is 0 Å². The minimum Gasteiger partial charge on any atom is -0.458 e. The van der Waals surface area contributed by atoms with Crippen LogP contribution in [0.25, 0.3) is 0 Å². The van der Waals surface area contributed by atoms with E-state index in [1.807, 2.05) is 18.2 Å². The van der Waals surface area contributed by atoms with Crippen molar-refractivity contribution in [3.8, 4) is 0 Å². The van der Waals surface area contributed by atoms with Crippen LogP contribution in [0.1, 0.15) is 26.7 Å². The largest absolute Gasteiger partial charge is 0.458 e. The highest BCUT2D eigenvalue weighted by atomic mass is 16.7. The van der Waals surface area contributed by atoms with Crippen molar-refractivity contribution in [2.45, 2.75) is 32.7 Å². The maximum atomic E-state index is 5.42. The number of anilines is 2. The summed E-state index contributed by atoms with van der Waals surface area (Å²) in [7, 11) is 0. The molecule has 5 heteroatoms. The Morgan fingerprint density at radius 3 is 3.00 bits per heavy atom. The number of allylic oxidation sites excluding steroid dienone is 3. The second-order valence-corrected chi connectivity index (χ2v) is 5.19. The highest BCUT2D eigenvalue weighted by Gasteiger charge is 2.21. The molecular formula is C15H19N3O2. The van der Waals surface area contributed by atoms with Crippen LogP contribution in [-0.4, -0.2) is 17.8 Å². The van der Waals surface area contributed by atoms with Crippen molar-refractivity contribution in [1.82, 2.24) is 4.98 Å². The Balaban J connectivity index is 1.78. The van der Waals surface area contributed by atoms with Gasteiger partial charge in [-0.25, -0.2) is 4.98 Å². The molecule has 20 heavy (non-hydrogen) atoms. The third kappa shape index (κ3) is 2.71. The topological polar surface area (TPSA) is 55.4 Å². The Labute approximate surface area is 118 Å². The molecular weight excluding hydrogens is 254 g/mol. The lowest BCUT2D eigenvalue weighted by Crippen LogP contribution is -2.13. The van der Waals surface area contributed by atoms with Gasteiger partial charge in [0.1, 0.15) is 5.76 Å². The van der Waals surface area contributed by atoms with Crippen molar-refractivity contribution in [2.24, 2.45) is 0 Å². The standard InChI is InChI=1S/C15H19N3O2/c1-10(2)17-12-4-3-7-16-15(12)18-11-5-6-13-14(8-11)20-9-19-13/h3-4,7-8,10,17H,5-6,9H2,1-2H3,(H,16,18). The lowest BCUT2D eigenvalue weighted by Gasteiger charge is -2.18. The van der Waals surface area contributed by atoms with Gasteiger partial charge in [-0.2, -0.15) is 0 Å². The Kier molecular flexibility index (Phi) is 3.50. The SMILES string of the molecule is CC(C)Nc1cccnc1NC1=CC2=C(CC1)OCO2. The molecule has 0 atom stereocenters.